The minimum Gasteiger partial charge on any atom is -0.494 e. The number of ether oxygens (including phenoxy) is 1. The van der Waals surface area contributed by atoms with E-state index in [0.717, 1.165) is 0 Å². The van der Waals surface area contributed by atoms with Crippen LogP contribution in [0.25, 0.3) is 0 Å². The van der Waals surface area contributed by atoms with Gasteiger partial charge in [-0.3, -0.25) is 4.79 Å². The lowest BCUT2D eigenvalue weighted by Gasteiger charge is -2.38. The highest BCUT2D eigenvalue weighted by atomic mass is 19.1. The molecule has 1 aromatic heterocycles. The Labute approximate surface area is 144 Å². The lowest BCUT2D eigenvalue weighted by molar-refractivity contribution is -0.123. The largest absolute Gasteiger partial charge is 0.494 e. The number of carbonyl (C=O) groups excluding carboxylic acids is 1. The fourth-order valence-electron chi connectivity index (χ4n) is 3.00. The summed E-state index contributed by atoms with van der Waals surface area (Å²) in [6.07, 6.45) is 2.42. The summed E-state index contributed by atoms with van der Waals surface area (Å²) in [5.41, 5.74) is 0.658. The summed E-state index contributed by atoms with van der Waals surface area (Å²) in [6.45, 7) is 0.357. The SMILES string of the molecule is COc1ccc([C@H](NC(=O)CCn2cnnn2)C2CC(O)C2)cc1F. The third-order valence-corrected chi connectivity index (χ3v) is 4.43. The van der Waals surface area contributed by atoms with Crippen LogP contribution < -0.4 is 10.1 Å². The molecule has 1 aliphatic rings. The number of carbonyl (C=O) groups is 1. The molecule has 134 valence electrons. The molecule has 1 aromatic carbocycles. The molecule has 1 amide bonds. The number of benzene rings is 1. The summed E-state index contributed by atoms with van der Waals surface area (Å²) >= 11 is 0. The number of nitrogens with zero attached hydrogens (tertiary/aromatic N) is 4. The number of hydrogen-bond acceptors (Lipinski definition) is 6. The van der Waals surface area contributed by atoms with E-state index in [2.05, 4.69) is 20.8 Å². The van der Waals surface area contributed by atoms with Gasteiger partial charge in [-0.2, -0.15) is 0 Å². The Morgan fingerprint density at radius 3 is 2.92 bits per heavy atom. The normalized spacial score (nSPS) is 20.6. The first-order valence-corrected chi connectivity index (χ1v) is 8.08. The average Bonchev–Trinajstić information content (AvgIpc) is 3.09. The third kappa shape index (κ3) is 4.11. The van der Waals surface area contributed by atoms with E-state index in [4.69, 9.17) is 4.74 Å². The molecule has 0 spiro atoms. The van der Waals surface area contributed by atoms with E-state index in [1.165, 1.54) is 24.2 Å². The van der Waals surface area contributed by atoms with Crippen LogP contribution in [0.3, 0.4) is 0 Å². The lowest BCUT2D eigenvalue weighted by Crippen LogP contribution is -2.41. The molecule has 3 rings (SSSR count). The van der Waals surface area contributed by atoms with Gasteiger partial charge in [0.2, 0.25) is 5.91 Å². The molecule has 0 radical (unpaired) electrons. The molecule has 0 aliphatic heterocycles. The third-order valence-electron chi connectivity index (χ3n) is 4.43. The van der Waals surface area contributed by atoms with Crippen molar-refractivity contribution in [1.29, 1.82) is 0 Å². The van der Waals surface area contributed by atoms with Crippen LogP contribution in [0.1, 0.15) is 30.9 Å². The summed E-state index contributed by atoms with van der Waals surface area (Å²) in [5, 5.41) is 23.3. The molecule has 0 bridgehead atoms. The maximum absolute atomic E-state index is 14.0. The predicted molar refractivity (Wildman–Crippen MR) is 85.0 cm³/mol. The molecule has 9 heteroatoms. The quantitative estimate of drug-likeness (QED) is 0.768. The van der Waals surface area contributed by atoms with Gasteiger partial charge in [-0.15, -0.1) is 5.10 Å². The van der Waals surface area contributed by atoms with Gasteiger partial charge in [0, 0.05) is 6.42 Å². The van der Waals surface area contributed by atoms with Crippen LogP contribution in [-0.2, 0) is 11.3 Å². The number of methoxy groups -OCH3 is 1. The molecule has 1 atom stereocenters. The van der Waals surface area contributed by atoms with Crippen LogP contribution in [0.5, 0.6) is 5.75 Å². The Bertz CT molecular complexity index is 719. The van der Waals surface area contributed by atoms with Crippen LogP contribution >= 0.6 is 0 Å². The van der Waals surface area contributed by atoms with E-state index in [1.807, 2.05) is 0 Å². The minimum absolute atomic E-state index is 0.0692. The van der Waals surface area contributed by atoms with Crippen molar-refractivity contribution in [3.63, 3.8) is 0 Å². The molecule has 1 heterocycles. The van der Waals surface area contributed by atoms with Crippen LogP contribution in [0.15, 0.2) is 24.5 Å². The van der Waals surface area contributed by atoms with Gasteiger partial charge in [-0.25, -0.2) is 9.07 Å². The van der Waals surface area contributed by atoms with Gasteiger partial charge in [-0.05, 0) is 46.9 Å². The molecule has 0 unspecified atom stereocenters. The molecular weight excluding hydrogens is 329 g/mol. The van der Waals surface area contributed by atoms with E-state index < -0.39 is 5.82 Å². The molecule has 8 nitrogen and oxygen atoms in total. The van der Waals surface area contributed by atoms with Crippen molar-refractivity contribution >= 4 is 5.91 Å². The van der Waals surface area contributed by atoms with Gasteiger partial charge in [0.1, 0.15) is 6.33 Å². The van der Waals surface area contributed by atoms with E-state index >= 15 is 0 Å². The Morgan fingerprint density at radius 1 is 1.52 bits per heavy atom. The number of aliphatic hydroxyl groups excluding tert-OH is 1. The van der Waals surface area contributed by atoms with Crippen molar-refractivity contribution in [2.45, 2.75) is 38.0 Å². The van der Waals surface area contributed by atoms with Crippen molar-refractivity contribution in [3.8, 4) is 5.75 Å². The minimum atomic E-state index is -0.479. The van der Waals surface area contributed by atoms with E-state index in [0.29, 0.717) is 24.9 Å². The summed E-state index contributed by atoms with van der Waals surface area (Å²) < 4.78 is 20.4. The molecule has 1 aliphatic carbocycles. The smallest absolute Gasteiger partial charge is 0.222 e. The number of hydrogen-bond donors (Lipinski definition) is 2. The van der Waals surface area contributed by atoms with E-state index in [9.17, 15) is 14.3 Å². The molecular formula is C16H20FN5O3. The fourth-order valence-corrected chi connectivity index (χ4v) is 3.00. The second kappa shape index (κ2) is 7.56. The van der Waals surface area contributed by atoms with Crippen molar-refractivity contribution in [2.75, 3.05) is 7.11 Å². The summed E-state index contributed by atoms with van der Waals surface area (Å²) in [6, 6.07) is 4.29. The number of aryl methyl sites for hydroxylation is 1. The number of nitrogens with one attached hydrogen (secondary N) is 1. The zero-order valence-corrected chi connectivity index (χ0v) is 13.8. The van der Waals surface area contributed by atoms with Gasteiger partial charge in [-0.1, -0.05) is 6.07 Å². The Hall–Kier alpha value is -2.55. The van der Waals surface area contributed by atoms with Crippen molar-refractivity contribution in [1.82, 2.24) is 25.5 Å². The van der Waals surface area contributed by atoms with E-state index in [1.54, 1.807) is 12.1 Å². The molecule has 2 N–H and O–H groups in total. The monoisotopic (exact) mass is 349 g/mol. The van der Waals surface area contributed by atoms with Crippen molar-refractivity contribution < 1.29 is 19.0 Å². The summed E-state index contributed by atoms with van der Waals surface area (Å²) in [4.78, 5) is 12.3. The number of aliphatic hydroxyl groups is 1. The zero-order valence-electron chi connectivity index (χ0n) is 13.8. The van der Waals surface area contributed by atoms with Crippen LogP contribution in [-0.4, -0.2) is 44.4 Å². The first-order valence-electron chi connectivity index (χ1n) is 8.08. The molecule has 25 heavy (non-hydrogen) atoms. The maximum Gasteiger partial charge on any atom is 0.222 e. The fraction of sp³-hybridized carbons (Fsp3) is 0.500. The van der Waals surface area contributed by atoms with Crippen molar-refractivity contribution in [2.24, 2.45) is 5.92 Å². The number of aromatic nitrogens is 4. The maximum atomic E-state index is 14.0. The first-order chi connectivity index (χ1) is 12.1. The molecule has 2 aromatic rings. The summed E-state index contributed by atoms with van der Waals surface area (Å²) in [7, 11) is 1.40. The molecule has 0 saturated heterocycles. The number of rotatable bonds is 7. The number of halogens is 1. The van der Waals surface area contributed by atoms with Crippen LogP contribution in [0.4, 0.5) is 4.39 Å². The Kier molecular flexibility index (Phi) is 5.22. The number of tetrazole rings is 1. The Balaban J connectivity index is 1.69. The van der Waals surface area contributed by atoms with Gasteiger partial charge in [0.05, 0.1) is 25.8 Å². The highest BCUT2D eigenvalue weighted by molar-refractivity contribution is 5.76. The van der Waals surface area contributed by atoms with Crippen molar-refractivity contribution in [3.05, 3.63) is 35.9 Å². The second-order valence-corrected chi connectivity index (χ2v) is 6.15. The molecule has 1 saturated carbocycles. The van der Waals surface area contributed by atoms with Crippen LogP contribution in [0.2, 0.25) is 0 Å². The number of amides is 1. The highest BCUT2D eigenvalue weighted by Gasteiger charge is 2.35. The van der Waals surface area contributed by atoms with E-state index in [-0.39, 0.29) is 36.1 Å². The Morgan fingerprint density at radius 2 is 2.32 bits per heavy atom. The topological polar surface area (TPSA) is 102 Å². The van der Waals surface area contributed by atoms with Gasteiger partial charge >= 0.3 is 0 Å². The van der Waals surface area contributed by atoms with Gasteiger partial charge in [0.15, 0.2) is 11.6 Å². The standard InChI is InChI=1S/C16H20FN5O3/c1-25-14-3-2-10(8-13(14)17)16(11-6-12(23)7-11)19-15(24)4-5-22-9-18-20-21-22/h2-3,8-9,11-12,16,23H,4-7H2,1H3,(H,19,24)/t11?,12?,16-/m0/s1. The summed E-state index contributed by atoms with van der Waals surface area (Å²) in [5.74, 6) is -0.438. The van der Waals surface area contributed by atoms with Gasteiger partial charge in [0.25, 0.3) is 0 Å². The second-order valence-electron chi connectivity index (χ2n) is 6.15. The molecule has 1 fully saturated rings. The highest BCUT2D eigenvalue weighted by Crippen LogP contribution is 2.39. The lowest BCUT2D eigenvalue weighted by atomic mass is 9.75. The average molecular weight is 349 g/mol. The zero-order chi connectivity index (χ0) is 17.8. The first kappa shape index (κ1) is 17.3. The predicted octanol–water partition coefficient (Wildman–Crippen LogP) is 0.839. The van der Waals surface area contributed by atoms with Gasteiger partial charge < -0.3 is 15.2 Å². The van der Waals surface area contributed by atoms with Crippen LogP contribution in [0, 0.1) is 11.7 Å².